The Morgan fingerprint density at radius 2 is 1.95 bits per heavy atom. The van der Waals surface area contributed by atoms with Gasteiger partial charge in [-0.2, -0.15) is 0 Å². The van der Waals surface area contributed by atoms with E-state index in [2.05, 4.69) is 5.32 Å². The summed E-state index contributed by atoms with van der Waals surface area (Å²) in [6.07, 6.45) is 0.652. The van der Waals surface area contributed by atoms with Gasteiger partial charge < -0.3 is 5.32 Å². The third kappa shape index (κ3) is 3.00. The minimum absolute atomic E-state index is 0.133. The van der Waals surface area contributed by atoms with Crippen molar-refractivity contribution in [1.82, 2.24) is 5.32 Å². The number of hydrogen-bond donors (Lipinski definition) is 1. The molecular formula is C16H14ClFN2O. The Hall–Kier alpha value is -2.07. The van der Waals surface area contributed by atoms with Gasteiger partial charge in [-0.15, -0.1) is 0 Å². The molecule has 0 unspecified atom stereocenters. The SMILES string of the molecule is O=C1NCc2ccc(Cl)cc2N1CCc1ccc(F)cc1. The minimum Gasteiger partial charge on any atom is -0.334 e. The largest absolute Gasteiger partial charge is 0.334 e. The highest BCUT2D eigenvalue weighted by Crippen LogP contribution is 2.28. The molecule has 3 nitrogen and oxygen atoms in total. The van der Waals surface area contributed by atoms with E-state index in [1.54, 1.807) is 23.1 Å². The molecule has 2 amide bonds. The maximum absolute atomic E-state index is 12.9. The molecule has 1 aliphatic rings. The predicted molar refractivity (Wildman–Crippen MR) is 81.1 cm³/mol. The van der Waals surface area contributed by atoms with Crippen molar-refractivity contribution >= 4 is 23.3 Å². The van der Waals surface area contributed by atoms with Crippen LogP contribution in [-0.4, -0.2) is 12.6 Å². The van der Waals surface area contributed by atoms with Gasteiger partial charge >= 0.3 is 6.03 Å². The molecular weight excluding hydrogens is 291 g/mol. The molecule has 1 N–H and O–H groups in total. The Morgan fingerprint density at radius 3 is 2.71 bits per heavy atom. The highest BCUT2D eigenvalue weighted by Gasteiger charge is 2.23. The lowest BCUT2D eigenvalue weighted by molar-refractivity contribution is 0.244. The molecule has 108 valence electrons. The first-order chi connectivity index (χ1) is 10.1. The molecule has 3 rings (SSSR count). The molecule has 2 aromatic carbocycles. The van der Waals surface area contributed by atoms with Crippen LogP contribution in [0.1, 0.15) is 11.1 Å². The molecule has 21 heavy (non-hydrogen) atoms. The van der Waals surface area contributed by atoms with Gasteiger partial charge in [0.25, 0.3) is 0 Å². The second kappa shape index (κ2) is 5.74. The molecule has 0 atom stereocenters. The smallest absolute Gasteiger partial charge is 0.322 e. The summed E-state index contributed by atoms with van der Waals surface area (Å²) in [5, 5.41) is 3.44. The van der Waals surface area contributed by atoms with Crippen molar-refractivity contribution in [1.29, 1.82) is 0 Å². The normalized spacial score (nSPS) is 13.8. The standard InChI is InChI=1S/C16H14ClFN2O/c17-13-4-3-12-10-19-16(21)20(15(12)9-13)8-7-11-1-5-14(18)6-2-11/h1-6,9H,7-8,10H2,(H,19,21). The van der Waals surface area contributed by atoms with Gasteiger partial charge in [0.15, 0.2) is 0 Å². The second-order valence-electron chi connectivity index (χ2n) is 4.96. The molecule has 0 aromatic heterocycles. The quantitative estimate of drug-likeness (QED) is 0.920. The average molecular weight is 305 g/mol. The summed E-state index contributed by atoms with van der Waals surface area (Å²) >= 11 is 6.02. The topological polar surface area (TPSA) is 32.3 Å². The van der Waals surface area contributed by atoms with Crippen molar-refractivity contribution in [2.45, 2.75) is 13.0 Å². The van der Waals surface area contributed by atoms with Crippen molar-refractivity contribution in [2.24, 2.45) is 0 Å². The van der Waals surface area contributed by atoms with Gasteiger partial charge in [0.2, 0.25) is 0 Å². The Kier molecular flexibility index (Phi) is 3.80. The molecule has 2 aromatic rings. The molecule has 5 heteroatoms. The van der Waals surface area contributed by atoms with Gasteiger partial charge in [0, 0.05) is 18.1 Å². The van der Waals surface area contributed by atoms with E-state index in [1.165, 1.54) is 12.1 Å². The first-order valence-corrected chi connectivity index (χ1v) is 7.09. The van der Waals surface area contributed by atoms with E-state index in [-0.39, 0.29) is 11.8 Å². The van der Waals surface area contributed by atoms with Crippen LogP contribution in [0.15, 0.2) is 42.5 Å². The Labute approximate surface area is 127 Å². The number of nitrogens with zero attached hydrogens (tertiary/aromatic N) is 1. The van der Waals surface area contributed by atoms with Crippen LogP contribution in [0, 0.1) is 5.82 Å². The summed E-state index contributed by atoms with van der Waals surface area (Å²) in [6.45, 7) is 1.03. The third-order valence-electron chi connectivity index (χ3n) is 3.55. The Bertz CT molecular complexity index is 672. The number of urea groups is 1. The van der Waals surface area contributed by atoms with Crippen molar-refractivity contribution < 1.29 is 9.18 Å². The van der Waals surface area contributed by atoms with Gasteiger partial charge in [-0.25, -0.2) is 9.18 Å². The van der Waals surface area contributed by atoms with Gasteiger partial charge in [-0.1, -0.05) is 29.8 Å². The number of halogens is 2. The number of nitrogens with one attached hydrogen (secondary N) is 1. The summed E-state index contributed by atoms with van der Waals surface area (Å²) < 4.78 is 12.9. The number of rotatable bonds is 3. The molecule has 0 fully saturated rings. The summed E-state index contributed by atoms with van der Waals surface area (Å²) in [4.78, 5) is 13.7. The zero-order chi connectivity index (χ0) is 14.8. The summed E-state index contributed by atoms with van der Waals surface area (Å²) in [7, 11) is 0. The van der Waals surface area contributed by atoms with Crippen LogP contribution in [0.5, 0.6) is 0 Å². The van der Waals surface area contributed by atoms with Crippen molar-refractivity contribution in [3.8, 4) is 0 Å². The van der Waals surface area contributed by atoms with Crippen molar-refractivity contribution in [3.63, 3.8) is 0 Å². The van der Waals surface area contributed by atoms with Crippen LogP contribution >= 0.6 is 11.6 Å². The molecule has 0 radical (unpaired) electrons. The number of hydrogen-bond acceptors (Lipinski definition) is 1. The number of carbonyl (C=O) groups excluding carboxylic acids is 1. The number of benzene rings is 2. The van der Waals surface area contributed by atoms with Crippen LogP contribution in [0.2, 0.25) is 5.02 Å². The second-order valence-corrected chi connectivity index (χ2v) is 5.40. The third-order valence-corrected chi connectivity index (χ3v) is 3.79. The lowest BCUT2D eigenvalue weighted by Gasteiger charge is -2.30. The van der Waals surface area contributed by atoms with Crippen LogP contribution in [-0.2, 0) is 13.0 Å². The molecule has 0 aliphatic carbocycles. The van der Waals surface area contributed by atoms with Crippen molar-refractivity contribution in [2.75, 3.05) is 11.4 Å². The first-order valence-electron chi connectivity index (χ1n) is 6.72. The summed E-state index contributed by atoms with van der Waals surface area (Å²) in [5.41, 5.74) is 2.87. The molecule has 0 saturated carbocycles. The maximum atomic E-state index is 12.9. The van der Waals surface area contributed by atoms with Gasteiger partial charge in [0.05, 0.1) is 5.69 Å². The average Bonchev–Trinajstić information content (AvgIpc) is 2.48. The molecule has 1 aliphatic heterocycles. The van der Waals surface area contributed by atoms with E-state index in [4.69, 9.17) is 11.6 Å². The Morgan fingerprint density at radius 1 is 1.19 bits per heavy atom. The van der Waals surface area contributed by atoms with E-state index in [0.717, 1.165) is 16.8 Å². The number of amides is 2. The number of carbonyl (C=O) groups is 1. The molecule has 1 heterocycles. The maximum Gasteiger partial charge on any atom is 0.322 e. The fourth-order valence-electron chi connectivity index (χ4n) is 2.43. The highest BCUT2D eigenvalue weighted by molar-refractivity contribution is 6.31. The van der Waals surface area contributed by atoms with Crippen LogP contribution in [0.4, 0.5) is 14.9 Å². The first kappa shape index (κ1) is 13.9. The molecule has 0 spiro atoms. The van der Waals surface area contributed by atoms with Crippen LogP contribution in [0.25, 0.3) is 0 Å². The van der Waals surface area contributed by atoms with Gasteiger partial charge in [-0.05, 0) is 41.8 Å². The zero-order valence-electron chi connectivity index (χ0n) is 11.3. The highest BCUT2D eigenvalue weighted by atomic mass is 35.5. The number of fused-ring (bicyclic) bond motifs is 1. The predicted octanol–water partition coefficient (Wildman–Crippen LogP) is 3.75. The lowest BCUT2D eigenvalue weighted by Crippen LogP contribution is -2.45. The van der Waals surface area contributed by atoms with Gasteiger partial charge in [0.1, 0.15) is 5.82 Å². The monoisotopic (exact) mass is 304 g/mol. The minimum atomic E-state index is -0.258. The lowest BCUT2D eigenvalue weighted by atomic mass is 10.1. The number of anilines is 1. The van der Waals surface area contributed by atoms with E-state index in [1.807, 2.05) is 12.1 Å². The zero-order valence-corrected chi connectivity index (χ0v) is 12.0. The Balaban J connectivity index is 1.80. The van der Waals surface area contributed by atoms with Crippen LogP contribution < -0.4 is 10.2 Å². The molecule has 0 saturated heterocycles. The van der Waals surface area contributed by atoms with Crippen LogP contribution in [0.3, 0.4) is 0 Å². The fourth-order valence-corrected chi connectivity index (χ4v) is 2.59. The van der Waals surface area contributed by atoms with E-state index in [0.29, 0.717) is 24.5 Å². The van der Waals surface area contributed by atoms with Gasteiger partial charge in [-0.3, -0.25) is 4.90 Å². The summed E-state index contributed by atoms with van der Waals surface area (Å²) in [5.74, 6) is -0.258. The summed E-state index contributed by atoms with van der Waals surface area (Å²) in [6, 6.07) is 11.7. The van der Waals surface area contributed by atoms with E-state index < -0.39 is 0 Å². The fraction of sp³-hybridized carbons (Fsp3) is 0.188. The van der Waals surface area contributed by atoms with E-state index >= 15 is 0 Å². The van der Waals surface area contributed by atoms with Crippen molar-refractivity contribution in [3.05, 3.63) is 64.4 Å². The van der Waals surface area contributed by atoms with E-state index in [9.17, 15) is 9.18 Å². The molecule has 0 bridgehead atoms.